The van der Waals surface area contributed by atoms with Crippen LogP contribution >= 0.6 is 0 Å². The Kier molecular flexibility index (Phi) is 4.03. The van der Waals surface area contributed by atoms with E-state index in [0.29, 0.717) is 19.5 Å². The van der Waals surface area contributed by atoms with E-state index in [1.165, 1.54) is 5.56 Å². The van der Waals surface area contributed by atoms with Gasteiger partial charge < -0.3 is 9.32 Å². The Labute approximate surface area is 107 Å². The first-order valence-electron chi connectivity index (χ1n) is 6.00. The van der Waals surface area contributed by atoms with Gasteiger partial charge in [0, 0.05) is 12.2 Å². The number of hydrogen-bond acceptors (Lipinski definition) is 3. The van der Waals surface area contributed by atoms with Gasteiger partial charge >= 0.3 is 0 Å². The summed E-state index contributed by atoms with van der Waals surface area (Å²) in [6.07, 6.45) is 2.18. The SMILES string of the molecule is Cc1ccc(N(CCC#N)Cc2ccco2)cc1. The summed E-state index contributed by atoms with van der Waals surface area (Å²) in [5, 5.41) is 8.73. The standard InChI is InChI=1S/C15H16N2O/c1-13-5-7-14(8-6-13)17(10-3-9-16)12-15-4-2-11-18-15/h2,4-8,11H,3,10,12H2,1H3. The van der Waals surface area contributed by atoms with Crippen molar-refractivity contribution in [3.05, 3.63) is 54.0 Å². The Morgan fingerprint density at radius 1 is 1.22 bits per heavy atom. The third-order valence-corrected chi connectivity index (χ3v) is 2.82. The van der Waals surface area contributed by atoms with Gasteiger partial charge in [0.25, 0.3) is 0 Å². The third-order valence-electron chi connectivity index (χ3n) is 2.82. The molecular formula is C15H16N2O. The number of nitriles is 1. The summed E-state index contributed by atoms with van der Waals surface area (Å²) >= 11 is 0. The molecule has 1 aromatic carbocycles. The average Bonchev–Trinajstić information content (AvgIpc) is 2.88. The lowest BCUT2D eigenvalue weighted by atomic mass is 10.2. The van der Waals surface area contributed by atoms with Crippen LogP contribution < -0.4 is 4.90 Å². The molecule has 0 saturated heterocycles. The fourth-order valence-electron chi connectivity index (χ4n) is 1.83. The molecule has 1 aromatic heterocycles. The molecule has 1 heterocycles. The van der Waals surface area contributed by atoms with Crippen molar-refractivity contribution in [3.63, 3.8) is 0 Å². The van der Waals surface area contributed by atoms with E-state index in [4.69, 9.17) is 9.68 Å². The van der Waals surface area contributed by atoms with Crippen molar-refractivity contribution in [2.24, 2.45) is 0 Å². The zero-order valence-electron chi connectivity index (χ0n) is 10.5. The van der Waals surface area contributed by atoms with Gasteiger partial charge in [-0.25, -0.2) is 0 Å². The quantitative estimate of drug-likeness (QED) is 0.803. The van der Waals surface area contributed by atoms with Crippen LogP contribution in [0.5, 0.6) is 0 Å². The van der Waals surface area contributed by atoms with Crippen LogP contribution in [0.2, 0.25) is 0 Å². The summed E-state index contributed by atoms with van der Waals surface area (Å²) < 4.78 is 5.36. The lowest BCUT2D eigenvalue weighted by molar-refractivity contribution is 0.502. The smallest absolute Gasteiger partial charge is 0.123 e. The maximum atomic E-state index is 8.73. The average molecular weight is 240 g/mol. The van der Waals surface area contributed by atoms with Crippen molar-refractivity contribution in [1.29, 1.82) is 5.26 Å². The van der Waals surface area contributed by atoms with E-state index in [9.17, 15) is 0 Å². The first kappa shape index (κ1) is 12.3. The lowest BCUT2D eigenvalue weighted by Gasteiger charge is -2.22. The zero-order chi connectivity index (χ0) is 12.8. The summed E-state index contributed by atoms with van der Waals surface area (Å²) in [6.45, 7) is 3.47. The number of hydrogen-bond donors (Lipinski definition) is 0. The zero-order valence-corrected chi connectivity index (χ0v) is 10.5. The van der Waals surface area contributed by atoms with Crippen LogP contribution in [0.4, 0.5) is 5.69 Å². The molecule has 0 N–H and O–H groups in total. The highest BCUT2D eigenvalue weighted by molar-refractivity contribution is 5.47. The summed E-state index contributed by atoms with van der Waals surface area (Å²) in [5.41, 5.74) is 2.35. The molecule has 0 amide bonds. The van der Waals surface area contributed by atoms with Gasteiger partial charge in [-0.1, -0.05) is 17.7 Å². The minimum absolute atomic E-state index is 0.509. The molecular weight excluding hydrogens is 224 g/mol. The molecule has 92 valence electrons. The molecule has 2 rings (SSSR count). The van der Waals surface area contributed by atoms with Crippen molar-refractivity contribution in [3.8, 4) is 6.07 Å². The third kappa shape index (κ3) is 3.14. The molecule has 0 unspecified atom stereocenters. The largest absolute Gasteiger partial charge is 0.467 e. The highest BCUT2D eigenvalue weighted by Crippen LogP contribution is 2.18. The topological polar surface area (TPSA) is 40.2 Å². The minimum atomic E-state index is 0.509. The number of nitrogens with zero attached hydrogens (tertiary/aromatic N) is 2. The second-order valence-electron chi connectivity index (χ2n) is 4.24. The van der Waals surface area contributed by atoms with Gasteiger partial charge in [0.15, 0.2) is 0 Å². The van der Waals surface area contributed by atoms with E-state index in [2.05, 4.69) is 42.2 Å². The van der Waals surface area contributed by atoms with E-state index in [-0.39, 0.29) is 0 Å². The normalized spacial score (nSPS) is 10.0. The Balaban J connectivity index is 2.14. The van der Waals surface area contributed by atoms with Crippen LogP contribution in [-0.2, 0) is 6.54 Å². The molecule has 3 nitrogen and oxygen atoms in total. The van der Waals surface area contributed by atoms with Gasteiger partial charge in [0.05, 0.1) is 25.3 Å². The molecule has 2 aromatic rings. The van der Waals surface area contributed by atoms with E-state index >= 15 is 0 Å². The van der Waals surface area contributed by atoms with Crippen molar-refractivity contribution in [1.82, 2.24) is 0 Å². The summed E-state index contributed by atoms with van der Waals surface area (Å²) in [4.78, 5) is 2.15. The van der Waals surface area contributed by atoms with Crippen molar-refractivity contribution >= 4 is 5.69 Å². The van der Waals surface area contributed by atoms with Gasteiger partial charge in [-0.3, -0.25) is 0 Å². The number of rotatable bonds is 5. The van der Waals surface area contributed by atoms with E-state index in [1.54, 1.807) is 6.26 Å². The summed E-state index contributed by atoms with van der Waals surface area (Å²) in [7, 11) is 0. The predicted octanol–water partition coefficient (Wildman–Crippen LogP) is 3.51. The first-order valence-corrected chi connectivity index (χ1v) is 6.00. The van der Waals surface area contributed by atoms with Crippen LogP contribution in [0, 0.1) is 18.3 Å². The maximum Gasteiger partial charge on any atom is 0.123 e. The molecule has 0 fully saturated rings. The molecule has 0 atom stereocenters. The van der Waals surface area contributed by atoms with Crippen molar-refractivity contribution in [2.75, 3.05) is 11.4 Å². The summed E-state index contributed by atoms with van der Waals surface area (Å²) in [6, 6.07) is 14.3. The van der Waals surface area contributed by atoms with Crippen LogP contribution in [0.3, 0.4) is 0 Å². The first-order chi connectivity index (χ1) is 8.79. The van der Waals surface area contributed by atoms with Crippen LogP contribution in [0.25, 0.3) is 0 Å². The van der Waals surface area contributed by atoms with Crippen molar-refractivity contribution in [2.45, 2.75) is 19.9 Å². The molecule has 0 aliphatic heterocycles. The number of aryl methyl sites for hydroxylation is 1. The monoisotopic (exact) mass is 240 g/mol. The maximum absolute atomic E-state index is 8.73. The van der Waals surface area contributed by atoms with Gasteiger partial charge in [0.2, 0.25) is 0 Å². The second-order valence-corrected chi connectivity index (χ2v) is 4.24. The highest BCUT2D eigenvalue weighted by Gasteiger charge is 2.08. The van der Waals surface area contributed by atoms with Gasteiger partial charge in [0.1, 0.15) is 5.76 Å². The Morgan fingerprint density at radius 2 is 2.00 bits per heavy atom. The van der Waals surface area contributed by atoms with Gasteiger partial charge in [-0.2, -0.15) is 5.26 Å². The van der Waals surface area contributed by atoms with E-state index in [1.807, 2.05) is 12.1 Å². The van der Waals surface area contributed by atoms with Crippen molar-refractivity contribution < 1.29 is 4.42 Å². The van der Waals surface area contributed by atoms with E-state index < -0.39 is 0 Å². The molecule has 18 heavy (non-hydrogen) atoms. The number of anilines is 1. The molecule has 3 heteroatoms. The van der Waals surface area contributed by atoms with E-state index in [0.717, 1.165) is 11.4 Å². The molecule has 0 bridgehead atoms. The highest BCUT2D eigenvalue weighted by atomic mass is 16.3. The lowest BCUT2D eigenvalue weighted by Crippen LogP contribution is -2.23. The predicted molar refractivity (Wildman–Crippen MR) is 71.2 cm³/mol. The molecule has 0 aliphatic rings. The molecule has 0 saturated carbocycles. The fourth-order valence-corrected chi connectivity index (χ4v) is 1.83. The van der Waals surface area contributed by atoms with Crippen LogP contribution in [0.1, 0.15) is 17.7 Å². The van der Waals surface area contributed by atoms with Gasteiger partial charge in [-0.05, 0) is 31.2 Å². The molecule has 0 spiro atoms. The Bertz CT molecular complexity index is 508. The molecule has 0 aliphatic carbocycles. The Hall–Kier alpha value is -2.21. The number of benzene rings is 1. The molecule has 0 radical (unpaired) electrons. The fraction of sp³-hybridized carbons (Fsp3) is 0.267. The van der Waals surface area contributed by atoms with Gasteiger partial charge in [-0.15, -0.1) is 0 Å². The van der Waals surface area contributed by atoms with Crippen LogP contribution in [0.15, 0.2) is 47.1 Å². The van der Waals surface area contributed by atoms with Crippen LogP contribution in [-0.4, -0.2) is 6.54 Å². The Morgan fingerprint density at radius 3 is 2.61 bits per heavy atom. The second kappa shape index (κ2) is 5.92. The minimum Gasteiger partial charge on any atom is -0.467 e. The number of furan rings is 1. The summed E-state index contributed by atoms with van der Waals surface area (Å²) in [5.74, 6) is 0.911.